The van der Waals surface area contributed by atoms with E-state index in [0.717, 1.165) is 43.6 Å². The first-order valence-electron chi connectivity index (χ1n) is 8.38. The summed E-state index contributed by atoms with van der Waals surface area (Å²) >= 11 is 6.80. The number of rotatable bonds is 7. The Morgan fingerprint density at radius 2 is 2.08 bits per heavy atom. The summed E-state index contributed by atoms with van der Waals surface area (Å²) in [5.74, 6) is 0.669. The number of aliphatic hydroxyl groups is 1. The van der Waals surface area contributed by atoms with Crippen molar-refractivity contribution in [3.63, 3.8) is 0 Å². The van der Waals surface area contributed by atoms with Gasteiger partial charge in [-0.1, -0.05) is 11.6 Å². The fourth-order valence-electron chi connectivity index (χ4n) is 2.59. The smallest absolute Gasteiger partial charge is 0.250 e. The van der Waals surface area contributed by atoms with Crippen LogP contribution in [0.1, 0.15) is 32.6 Å². The minimum absolute atomic E-state index is 0.197. The van der Waals surface area contributed by atoms with Crippen molar-refractivity contribution in [2.45, 2.75) is 49.0 Å². The van der Waals surface area contributed by atoms with E-state index in [1.54, 1.807) is 6.07 Å². The summed E-state index contributed by atoms with van der Waals surface area (Å²) in [5.41, 5.74) is 0. The number of halogens is 1. The molecule has 0 spiro atoms. The quantitative estimate of drug-likeness (QED) is 0.311. The average molecular weight is 409 g/mol. The Balaban J connectivity index is 1.82. The lowest BCUT2D eigenvalue weighted by molar-refractivity contribution is 0.120. The molecule has 10 heteroatoms. The number of thiophene rings is 1. The molecule has 4 N–H and O–H groups in total. The first kappa shape index (κ1) is 20.4. The standard InChI is InChI=1S/C15H25ClN4O3S2/c1-2-17-15(20-11-3-5-12(21)6-4-11)18-9-10-19-25(22,23)14-8-7-13(16)24-14/h7-8,11-12,19,21H,2-6,9-10H2,1H3,(H2,17,18,20). The molecule has 1 aliphatic rings. The molecule has 0 aliphatic heterocycles. The lowest BCUT2D eigenvalue weighted by Gasteiger charge is -2.27. The monoisotopic (exact) mass is 408 g/mol. The number of nitrogens with zero attached hydrogens (tertiary/aromatic N) is 1. The van der Waals surface area contributed by atoms with E-state index in [9.17, 15) is 13.5 Å². The molecule has 25 heavy (non-hydrogen) atoms. The van der Waals surface area contributed by atoms with E-state index in [4.69, 9.17) is 11.6 Å². The van der Waals surface area contributed by atoms with Gasteiger partial charge in [-0.15, -0.1) is 11.3 Å². The first-order valence-corrected chi connectivity index (χ1v) is 11.1. The summed E-state index contributed by atoms with van der Waals surface area (Å²) in [6.45, 7) is 3.23. The Hall–Kier alpha value is -0.870. The molecule has 1 aromatic heterocycles. The number of nitrogens with one attached hydrogen (secondary N) is 3. The predicted molar refractivity (Wildman–Crippen MR) is 102 cm³/mol. The molecule has 0 aromatic carbocycles. The van der Waals surface area contributed by atoms with Crippen LogP contribution in [0, 0.1) is 0 Å². The molecule has 1 saturated carbocycles. The van der Waals surface area contributed by atoms with Crippen LogP contribution in [-0.2, 0) is 10.0 Å². The predicted octanol–water partition coefficient (Wildman–Crippen LogP) is 1.54. The molecule has 1 aromatic rings. The van der Waals surface area contributed by atoms with Crippen molar-refractivity contribution in [2.75, 3.05) is 19.6 Å². The maximum atomic E-state index is 12.1. The van der Waals surface area contributed by atoms with Gasteiger partial charge in [0.2, 0.25) is 10.0 Å². The van der Waals surface area contributed by atoms with E-state index >= 15 is 0 Å². The zero-order valence-corrected chi connectivity index (χ0v) is 16.6. The van der Waals surface area contributed by atoms with Crippen LogP contribution in [0.15, 0.2) is 21.3 Å². The van der Waals surface area contributed by atoms with Crippen molar-refractivity contribution < 1.29 is 13.5 Å². The van der Waals surface area contributed by atoms with Gasteiger partial charge >= 0.3 is 0 Å². The van der Waals surface area contributed by atoms with Crippen LogP contribution in [0.4, 0.5) is 0 Å². The van der Waals surface area contributed by atoms with Gasteiger partial charge in [0.05, 0.1) is 17.0 Å². The van der Waals surface area contributed by atoms with Crippen molar-refractivity contribution in [1.29, 1.82) is 0 Å². The van der Waals surface area contributed by atoms with Crippen LogP contribution < -0.4 is 15.4 Å². The van der Waals surface area contributed by atoms with Gasteiger partial charge in [-0.05, 0) is 44.7 Å². The highest BCUT2D eigenvalue weighted by atomic mass is 35.5. The molecule has 2 rings (SSSR count). The van der Waals surface area contributed by atoms with E-state index in [1.807, 2.05) is 6.92 Å². The zero-order chi connectivity index (χ0) is 18.3. The van der Waals surface area contributed by atoms with E-state index in [0.29, 0.717) is 16.8 Å². The third-order valence-electron chi connectivity index (χ3n) is 3.87. The summed E-state index contributed by atoms with van der Waals surface area (Å²) in [7, 11) is -3.54. The van der Waals surface area contributed by atoms with Gasteiger partial charge in [0.15, 0.2) is 5.96 Å². The number of hydrogen-bond donors (Lipinski definition) is 4. The first-order chi connectivity index (χ1) is 11.9. The van der Waals surface area contributed by atoms with Gasteiger partial charge in [-0.25, -0.2) is 13.1 Å². The molecule has 7 nitrogen and oxygen atoms in total. The van der Waals surface area contributed by atoms with E-state index in [2.05, 4.69) is 20.3 Å². The minimum atomic E-state index is -3.54. The van der Waals surface area contributed by atoms with Gasteiger partial charge in [-0.3, -0.25) is 4.99 Å². The minimum Gasteiger partial charge on any atom is -0.393 e. The average Bonchev–Trinajstić information content (AvgIpc) is 3.01. The SMILES string of the molecule is CCNC(=NCCNS(=O)(=O)c1ccc(Cl)s1)NC1CCC(O)CC1. The maximum absolute atomic E-state index is 12.1. The van der Waals surface area contributed by atoms with Crippen LogP contribution in [-0.4, -0.2) is 51.3 Å². The van der Waals surface area contributed by atoms with Crippen LogP contribution in [0.2, 0.25) is 4.34 Å². The van der Waals surface area contributed by atoms with Crippen molar-refractivity contribution in [1.82, 2.24) is 15.4 Å². The summed E-state index contributed by atoms with van der Waals surface area (Å²) in [4.78, 5) is 4.41. The number of sulfonamides is 1. The number of aliphatic imine (C=N–C) groups is 1. The fourth-order valence-corrected chi connectivity index (χ4v) is 5.14. The Morgan fingerprint density at radius 3 is 2.68 bits per heavy atom. The van der Waals surface area contributed by atoms with Crippen LogP contribution in [0.5, 0.6) is 0 Å². The molecule has 1 aliphatic carbocycles. The van der Waals surface area contributed by atoms with Crippen molar-refractivity contribution in [3.8, 4) is 0 Å². The van der Waals surface area contributed by atoms with E-state index < -0.39 is 10.0 Å². The molecule has 1 heterocycles. The lowest BCUT2D eigenvalue weighted by atomic mass is 9.93. The topological polar surface area (TPSA) is 103 Å². The second-order valence-electron chi connectivity index (χ2n) is 5.87. The van der Waals surface area contributed by atoms with E-state index in [-0.39, 0.29) is 22.9 Å². The molecular weight excluding hydrogens is 384 g/mol. The molecule has 0 radical (unpaired) electrons. The highest BCUT2D eigenvalue weighted by molar-refractivity contribution is 7.91. The summed E-state index contributed by atoms with van der Waals surface area (Å²) in [6.07, 6.45) is 3.19. The van der Waals surface area contributed by atoms with Crippen LogP contribution >= 0.6 is 22.9 Å². The maximum Gasteiger partial charge on any atom is 0.250 e. The normalized spacial score (nSPS) is 22.0. The van der Waals surface area contributed by atoms with Crippen LogP contribution in [0.25, 0.3) is 0 Å². The molecular formula is C15H25ClN4O3S2. The molecule has 0 unspecified atom stereocenters. The zero-order valence-electron chi connectivity index (χ0n) is 14.2. The second kappa shape index (κ2) is 9.72. The number of aliphatic hydroxyl groups excluding tert-OH is 1. The van der Waals surface area contributed by atoms with Crippen LogP contribution in [0.3, 0.4) is 0 Å². The van der Waals surface area contributed by atoms with Gasteiger partial charge < -0.3 is 15.7 Å². The Kier molecular flexibility index (Phi) is 7.95. The molecule has 0 amide bonds. The molecule has 1 fully saturated rings. The van der Waals surface area contributed by atoms with Crippen molar-refractivity contribution in [2.24, 2.45) is 4.99 Å². The lowest BCUT2D eigenvalue weighted by Crippen LogP contribution is -2.45. The molecule has 0 saturated heterocycles. The van der Waals surface area contributed by atoms with Crippen molar-refractivity contribution >= 4 is 38.9 Å². The third-order valence-corrected chi connectivity index (χ3v) is 7.05. The Morgan fingerprint density at radius 1 is 1.36 bits per heavy atom. The third kappa shape index (κ3) is 6.74. The summed E-state index contributed by atoms with van der Waals surface area (Å²) in [5, 5.41) is 16.1. The molecule has 0 atom stereocenters. The number of guanidine groups is 1. The second-order valence-corrected chi connectivity index (χ2v) is 9.58. The molecule has 142 valence electrons. The summed E-state index contributed by atoms with van der Waals surface area (Å²) < 4.78 is 27.4. The Labute approximate surface area is 157 Å². The summed E-state index contributed by atoms with van der Waals surface area (Å²) in [6, 6.07) is 3.33. The fraction of sp³-hybridized carbons (Fsp3) is 0.667. The largest absolute Gasteiger partial charge is 0.393 e. The van der Waals surface area contributed by atoms with Gasteiger partial charge in [-0.2, -0.15) is 0 Å². The van der Waals surface area contributed by atoms with Gasteiger partial charge in [0.25, 0.3) is 0 Å². The highest BCUT2D eigenvalue weighted by Gasteiger charge is 2.20. The Bertz CT molecular complexity index is 670. The highest BCUT2D eigenvalue weighted by Crippen LogP contribution is 2.25. The van der Waals surface area contributed by atoms with Crippen molar-refractivity contribution in [3.05, 3.63) is 16.5 Å². The molecule has 0 bridgehead atoms. The number of hydrogen-bond acceptors (Lipinski definition) is 5. The van der Waals surface area contributed by atoms with E-state index in [1.165, 1.54) is 6.07 Å². The van der Waals surface area contributed by atoms with Gasteiger partial charge in [0.1, 0.15) is 4.21 Å². The van der Waals surface area contributed by atoms with Gasteiger partial charge in [0, 0.05) is 19.1 Å².